The third-order valence-corrected chi connectivity index (χ3v) is 9.66. The van der Waals surface area contributed by atoms with Crippen molar-refractivity contribution in [3.05, 3.63) is 0 Å². The number of amides is 4. The van der Waals surface area contributed by atoms with Crippen LogP contribution in [0, 0.1) is 29.6 Å². The average molecular weight is 595 g/mol. The Hall–Kier alpha value is -2.20. The summed E-state index contributed by atoms with van der Waals surface area (Å²) in [5, 5.41) is 12.0. The normalized spacial score (nSPS) is 27.7. The number of hydrogen-bond acceptors (Lipinski definition) is 8. The van der Waals surface area contributed by atoms with Gasteiger partial charge in [-0.3, -0.25) is 4.79 Å². The van der Waals surface area contributed by atoms with Gasteiger partial charge in [0.15, 0.2) is 0 Å². The van der Waals surface area contributed by atoms with Crippen LogP contribution >= 0.6 is 11.8 Å². The highest BCUT2D eigenvalue weighted by Gasteiger charge is 2.49. The van der Waals surface area contributed by atoms with Crippen molar-refractivity contribution in [2.24, 2.45) is 17.8 Å². The molecule has 4 amide bonds. The Bertz CT molecular complexity index is 895. The van der Waals surface area contributed by atoms with Crippen molar-refractivity contribution in [3.8, 4) is 11.8 Å². The molecule has 4 N–H and O–H groups in total. The van der Waals surface area contributed by atoms with Gasteiger partial charge in [0.1, 0.15) is 0 Å². The Kier molecular flexibility index (Phi) is 13.7. The monoisotopic (exact) mass is 594 g/mol. The average Bonchev–Trinajstić information content (AvgIpc) is 3.21. The number of rotatable bonds is 19. The van der Waals surface area contributed by atoms with Crippen LogP contribution in [0.15, 0.2) is 0 Å². The van der Waals surface area contributed by atoms with Crippen LogP contribution in [0.5, 0.6) is 0 Å². The molecule has 0 aromatic carbocycles. The maximum absolute atomic E-state index is 12.0. The van der Waals surface area contributed by atoms with Crippen molar-refractivity contribution < 1.29 is 33.3 Å². The van der Waals surface area contributed by atoms with Gasteiger partial charge in [0.05, 0.1) is 58.3 Å². The predicted octanol–water partition coefficient (Wildman–Crippen LogP) is 2.04. The summed E-state index contributed by atoms with van der Waals surface area (Å²) < 4.78 is 21.8. The highest BCUT2D eigenvalue weighted by Crippen LogP contribution is 2.52. The van der Waals surface area contributed by atoms with E-state index in [2.05, 4.69) is 33.1 Å². The summed E-state index contributed by atoms with van der Waals surface area (Å²) in [4.78, 5) is 35.3. The summed E-state index contributed by atoms with van der Waals surface area (Å²) in [6.45, 7) is 4.00. The molecule has 1 unspecified atom stereocenters. The lowest BCUT2D eigenvalue weighted by Gasteiger charge is -2.16. The molecule has 2 aliphatic heterocycles. The van der Waals surface area contributed by atoms with Crippen molar-refractivity contribution in [2.75, 3.05) is 65.1 Å². The lowest BCUT2D eigenvalue weighted by molar-refractivity contribution is -0.121. The second-order valence-corrected chi connectivity index (χ2v) is 12.3. The van der Waals surface area contributed by atoms with Gasteiger partial charge in [-0.1, -0.05) is 6.42 Å². The SMILES string of the molecule is O=C(CCCC[C@H]1SC[C@H]2NC(=O)N[C@H]21)NCCOCCOCCOCCNC(=O)OCC1[C@H]2CCC#CCC[C@@H]12. The fourth-order valence-corrected chi connectivity index (χ4v) is 7.44. The summed E-state index contributed by atoms with van der Waals surface area (Å²) in [5.41, 5.74) is 0. The summed E-state index contributed by atoms with van der Waals surface area (Å²) in [6.07, 6.45) is 7.12. The highest BCUT2D eigenvalue weighted by molar-refractivity contribution is 8.00. The van der Waals surface area contributed by atoms with E-state index in [1.54, 1.807) is 0 Å². The van der Waals surface area contributed by atoms with Crippen molar-refractivity contribution in [3.63, 3.8) is 0 Å². The molecular weight excluding hydrogens is 548 g/mol. The van der Waals surface area contributed by atoms with Gasteiger partial charge < -0.3 is 40.2 Å². The molecule has 12 heteroatoms. The first-order valence-electron chi connectivity index (χ1n) is 15.2. The van der Waals surface area contributed by atoms with Crippen LogP contribution in [-0.4, -0.2) is 100 Å². The number of carbonyl (C=O) groups is 3. The molecule has 230 valence electrons. The second kappa shape index (κ2) is 17.7. The van der Waals surface area contributed by atoms with Crippen LogP contribution in [0.25, 0.3) is 0 Å². The zero-order valence-corrected chi connectivity index (χ0v) is 24.8. The molecule has 6 atom stereocenters. The van der Waals surface area contributed by atoms with Crippen molar-refractivity contribution in [2.45, 2.75) is 68.7 Å². The quantitative estimate of drug-likeness (QED) is 0.101. The van der Waals surface area contributed by atoms with Crippen molar-refractivity contribution in [1.29, 1.82) is 0 Å². The first kappa shape index (κ1) is 31.7. The van der Waals surface area contributed by atoms with Crippen LogP contribution in [0.4, 0.5) is 9.59 Å². The highest BCUT2D eigenvalue weighted by atomic mass is 32.2. The van der Waals surface area contributed by atoms with E-state index in [9.17, 15) is 14.4 Å². The smallest absolute Gasteiger partial charge is 0.407 e. The van der Waals surface area contributed by atoms with Gasteiger partial charge in [0.25, 0.3) is 0 Å². The molecule has 0 spiro atoms. The molecule has 4 rings (SSSR count). The van der Waals surface area contributed by atoms with Gasteiger partial charge >= 0.3 is 12.1 Å². The van der Waals surface area contributed by atoms with Crippen LogP contribution in [-0.2, 0) is 23.7 Å². The maximum Gasteiger partial charge on any atom is 0.407 e. The summed E-state index contributed by atoms with van der Waals surface area (Å²) in [5.74, 6) is 9.23. The van der Waals surface area contributed by atoms with Crippen LogP contribution in [0.2, 0.25) is 0 Å². The molecule has 41 heavy (non-hydrogen) atoms. The number of hydrogen-bond donors (Lipinski definition) is 4. The predicted molar refractivity (Wildman–Crippen MR) is 155 cm³/mol. The largest absolute Gasteiger partial charge is 0.449 e. The molecule has 0 aromatic heterocycles. The first-order chi connectivity index (χ1) is 20.1. The second-order valence-electron chi connectivity index (χ2n) is 11.0. The molecule has 2 heterocycles. The summed E-state index contributed by atoms with van der Waals surface area (Å²) in [6, 6.07) is 0.413. The van der Waals surface area contributed by atoms with E-state index < -0.39 is 0 Å². The number of fused-ring (bicyclic) bond motifs is 2. The topological polar surface area (TPSA) is 136 Å². The standard InChI is InChI=1S/C29H46N4O7S/c34-26(10-6-5-9-25-27-24(20-41-25)32-28(35)33-27)30-11-13-37-15-17-39-18-16-38-14-12-31-29(36)40-19-23-21-7-3-1-2-4-8-22(21)23/h21-25,27H,3-20H2,(H,30,34)(H,31,36)(H2,32,33,35)/t21-,22+,23?,24-,25-,27-/m1/s1. The molecule has 1 saturated carbocycles. The number of alkyl carbamates (subject to hydrolysis) is 1. The van der Waals surface area contributed by atoms with Gasteiger partial charge in [0, 0.05) is 43.4 Å². The fourth-order valence-electron chi connectivity index (χ4n) is 5.90. The third-order valence-electron chi connectivity index (χ3n) is 8.16. The maximum atomic E-state index is 12.0. The molecule has 3 fully saturated rings. The Morgan fingerprint density at radius 2 is 1.54 bits per heavy atom. The zero-order valence-electron chi connectivity index (χ0n) is 24.0. The van der Waals surface area contributed by atoms with Gasteiger partial charge in [-0.2, -0.15) is 11.8 Å². The zero-order chi connectivity index (χ0) is 28.7. The van der Waals surface area contributed by atoms with Crippen LogP contribution in [0.3, 0.4) is 0 Å². The number of nitrogens with one attached hydrogen (secondary N) is 4. The van der Waals surface area contributed by atoms with Crippen molar-refractivity contribution in [1.82, 2.24) is 21.3 Å². The van der Waals surface area contributed by atoms with E-state index in [4.69, 9.17) is 18.9 Å². The fraction of sp³-hybridized carbons (Fsp3) is 0.828. The van der Waals surface area contributed by atoms with Gasteiger partial charge in [-0.25, -0.2) is 9.59 Å². The molecule has 0 bridgehead atoms. The van der Waals surface area contributed by atoms with Crippen LogP contribution < -0.4 is 21.3 Å². The van der Waals surface area contributed by atoms with E-state index in [1.807, 2.05) is 11.8 Å². The Labute approximate surface area is 247 Å². The number of ether oxygens (including phenoxy) is 4. The van der Waals surface area contributed by atoms with Gasteiger partial charge in [0.2, 0.25) is 5.91 Å². The van der Waals surface area contributed by atoms with Gasteiger partial charge in [-0.05, 0) is 43.4 Å². The molecular formula is C29H46N4O7S. The molecule has 4 aliphatic rings. The molecule has 2 aliphatic carbocycles. The molecule has 2 saturated heterocycles. The first-order valence-corrected chi connectivity index (χ1v) is 16.2. The van der Waals surface area contributed by atoms with E-state index in [0.29, 0.717) is 88.8 Å². The minimum absolute atomic E-state index is 0.0412. The number of thioether (sulfide) groups is 1. The van der Waals surface area contributed by atoms with E-state index in [0.717, 1.165) is 50.7 Å². The molecule has 0 radical (unpaired) electrons. The Morgan fingerprint density at radius 3 is 2.24 bits per heavy atom. The third kappa shape index (κ3) is 11.2. The Balaban J connectivity index is 0.848. The van der Waals surface area contributed by atoms with E-state index in [1.165, 1.54) is 0 Å². The lowest BCUT2D eigenvalue weighted by atomic mass is 10.0. The van der Waals surface area contributed by atoms with Crippen molar-refractivity contribution >= 4 is 29.8 Å². The number of unbranched alkanes of at least 4 members (excludes halogenated alkanes) is 1. The number of urea groups is 1. The summed E-state index contributed by atoms with van der Waals surface area (Å²) in [7, 11) is 0. The minimum Gasteiger partial charge on any atom is -0.449 e. The number of carbonyl (C=O) groups excluding carboxylic acids is 3. The van der Waals surface area contributed by atoms with Gasteiger partial charge in [-0.15, -0.1) is 11.8 Å². The van der Waals surface area contributed by atoms with Crippen LogP contribution in [0.1, 0.15) is 51.4 Å². The molecule has 0 aromatic rings. The van der Waals surface area contributed by atoms with E-state index >= 15 is 0 Å². The Morgan fingerprint density at radius 1 is 0.878 bits per heavy atom. The molecule has 11 nitrogen and oxygen atoms in total. The summed E-state index contributed by atoms with van der Waals surface area (Å²) >= 11 is 1.90. The van der Waals surface area contributed by atoms with E-state index in [-0.39, 0.29) is 30.1 Å². The lowest BCUT2D eigenvalue weighted by Crippen LogP contribution is -2.36. The minimum atomic E-state index is -0.385.